The van der Waals surface area contributed by atoms with E-state index < -0.39 is 10.0 Å². The van der Waals surface area contributed by atoms with Gasteiger partial charge in [0.15, 0.2) is 5.82 Å². The minimum atomic E-state index is -3.35. The van der Waals surface area contributed by atoms with Gasteiger partial charge in [-0.1, -0.05) is 0 Å². The lowest BCUT2D eigenvalue weighted by molar-refractivity contribution is 0.0984. The van der Waals surface area contributed by atoms with Crippen molar-refractivity contribution in [1.29, 1.82) is 0 Å². The Labute approximate surface area is 188 Å². The van der Waals surface area contributed by atoms with Crippen molar-refractivity contribution in [1.82, 2.24) is 19.6 Å². The van der Waals surface area contributed by atoms with Crippen LogP contribution in [0.5, 0.6) is 0 Å². The third-order valence-electron chi connectivity index (χ3n) is 5.58. The number of anilines is 2. The fraction of sp³-hybridized carbons (Fsp3) is 0.476. The van der Waals surface area contributed by atoms with Gasteiger partial charge in [-0.05, 0) is 38.1 Å². The summed E-state index contributed by atoms with van der Waals surface area (Å²) in [6, 6.07) is 7.13. The Hall–Kier alpha value is -2.76. The summed E-state index contributed by atoms with van der Waals surface area (Å²) in [7, 11) is -3.35. The number of rotatable bonds is 5. The summed E-state index contributed by atoms with van der Waals surface area (Å²) in [6.07, 6.45) is 1.21. The maximum atomic E-state index is 12.2. The molecule has 1 unspecified atom stereocenters. The van der Waals surface area contributed by atoms with Crippen LogP contribution in [0.3, 0.4) is 0 Å². The molecule has 2 N–H and O–H groups in total. The first-order valence-electron chi connectivity index (χ1n) is 10.6. The van der Waals surface area contributed by atoms with Crippen molar-refractivity contribution in [2.45, 2.75) is 33.0 Å². The van der Waals surface area contributed by atoms with Crippen molar-refractivity contribution >= 4 is 27.6 Å². The predicted molar refractivity (Wildman–Crippen MR) is 122 cm³/mol. The molecule has 0 aliphatic carbocycles. The Bertz CT molecular complexity index is 1110. The third-order valence-corrected chi connectivity index (χ3v) is 6.77. The minimum Gasteiger partial charge on any atom is -0.377 e. The quantitative estimate of drug-likeness (QED) is 0.699. The van der Waals surface area contributed by atoms with Crippen LogP contribution in [0.25, 0.3) is 11.4 Å². The van der Waals surface area contributed by atoms with E-state index in [9.17, 15) is 13.2 Å². The molecule has 0 radical (unpaired) electrons. The zero-order chi connectivity index (χ0) is 22.9. The van der Waals surface area contributed by atoms with Crippen LogP contribution in [-0.2, 0) is 27.8 Å². The van der Waals surface area contributed by atoms with Crippen LogP contribution < -0.4 is 15.5 Å². The van der Waals surface area contributed by atoms with Gasteiger partial charge in [-0.15, -0.1) is 0 Å². The Morgan fingerprint density at radius 1 is 1.22 bits per heavy atom. The topological polar surface area (TPSA) is 117 Å². The average molecular weight is 461 g/mol. The largest absolute Gasteiger partial charge is 0.377 e. The summed E-state index contributed by atoms with van der Waals surface area (Å²) >= 11 is 0. The van der Waals surface area contributed by atoms with Gasteiger partial charge in [-0.25, -0.2) is 23.2 Å². The Morgan fingerprint density at radius 3 is 2.62 bits per heavy atom. The molecule has 1 atom stereocenters. The van der Waals surface area contributed by atoms with Crippen LogP contribution in [-0.4, -0.2) is 67.3 Å². The zero-order valence-electron chi connectivity index (χ0n) is 18.5. The molecule has 11 heteroatoms. The lowest BCUT2D eigenvalue weighted by Gasteiger charge is -2.35. The maximum absolute atomic E-state index is 12.2. The van der Waals surface area contributed by atoms with Crippen molar-refractivity contribution in [2.75, 3.05) is 42.8 Å². The summed E-state index contributed by atoms with van der Waals surface area (Å²) in [5.41, 5.74) is 3.02. The number of ether oxygens (including phenoxy) is 1. The molecule has 0 saturated carbocycles. The Balaban J connectivity index is 1.69. The van der Waals surface area contributed by atoms with Gasteiger partial charge < -0.3 is 20.3 Å². The molecule has 1 aromatic heterocycles. The van der Waals surface area contributed by atoms with Gasteiger partial charge in [-0.3, -0.25) is 0 Å². The first-order valence-corrected chi connectivity index (χ1v) is 12.5. The van der Waals surface area contributed by atoms with E-state index >= 15 is 0 Å². The number of carbonyl (C=O) groups excluding carboxylic acids is 1. The van der Waals surface area contributed by atoms with Crippen molar-refractivity contribution in [2.24, 2.45) is 0 Å². The zero-order valence-corrected chi connectivity index (χ0v) is 19.3. The van der Waals surface area contributed by atoms with Gasteiger partial charge in [-0.2, -0.15) is 4.31 Å². The molecule has 4 rings (SSSR count). The first-order chi connectivity index (χ1) is 15.3. The van der Waals surface area contributed by atoms with Crippen LogP contribution in [0.4, 0.5) is 16.3 Å². The van der Waals surface area contributed by atoms with Gasteiger partial charge in [0.2, 0.25) is 10.0 Å². The summed E-state index contributed by atoms with van der Waals surface area (Å²) in [5.74, 6) is 1.29. The number of hydrogen-bond donors (Lipinski definition) is 2. The lowest BCUT2D eigenvalue weighted by atomic mass is 10.1. The fourth-order valence-corrected chi connectivity index (χ4v) is 4.61. The maximum Gasteiger partial charge on any atom is 0.319 e. The predicted octanol–water partition coefficient (Wildman–Crippen LogP) is 1.79. The molecule has 10 nitrogen and oxygen atoms in total. The summed E-state index contributed by atoms with van der Waals surface area (Å²) < 4.78 is 31.4. The molecule has 3 heterocycles. The van der Waals surface area contributed by atoms with Crippen molar-refractivity contribution in [3.05, 3.63) is 35.5 Å². The van der Waals surface area contributed by atoms with Gasteiger partial charge in [0.1, 0.15) is 5.82 Å². The molecule has 2 amide bonds. The number of morpholine rings is 1. The number of carbonyl (C=O) groups is 1. The Kier molecular flexibility index (Phi) is 6.31. The number of fused-ring (bicyclic) bond motifs is 1. The number of amides is 2. The molecule has 1 saturated heterocycles. The second-order valence-electron chi connectivity index (χ2n) is 8.01. The molecule has 32 heavy (non-hydrogen) atoms. The normalized spacial score (nSPS) is 19.0. The molecule has 1 fully saturated rings. The van der Waals surface area contributed by atoms with E-state index in [1.54, 1.807) is 12.1 Å². The summed E-state index contributed by atoms with van der Waals surface area (Å²) in [4.78, 5) is 23.5. The van der Waals surface area contributed by atoms with E-state index in [0.717, 1.165) is 22.6 Å². The van der Waals surface area contributed by atoms with Crippen molar-refractivity contribution < 1.29 is 17.9 Å². The highest BCUT2D eigenvalue weighted by molar-refractivity contribution is 7.88. The summed E-state index contributed by atoms with van der Waals surface area (Å²) in [5, 5.41) is 5.46. The fourth-order valence-electron chi connectivity index (χ4n) is 3.89. The smallest absolute Gasteiger partial charge is 0.319 e. The number of aromatic nitrogens is 2. The van der Waals surface area contributed by atoms with Crippen LogP contribution in [0.2, 0.25) is 0 Å². The second-order valence-corrected chi connectivity index (χ2v) is 9.99. The van der Waals surface area contributed by atoms with Crippen molar-refractivity contribution in [3.8, 4) is 11.4 Å². The molecule has 1 aromatic carbocycles. The number of nitrogens with zero attached hydrogens (tertiary/aromatic N) is 4. The van der Waals surface area contributed by atoms with Gasteiger partial charge in [0.05, 0.1) is 37.8 Å². The molecular weight excluding hydrogens is 432 g/mol. The summed E-state index contributed by atoms with van der Waals surface area (Å²) in [6.45, 7) is 6.82. The monoisotopic (exact) mass is 460 g/mol. The highest BCUT2D eigenvalue weighted by atomic mass is 32.2. The van der Waals surface area contributed by atoms with E-state index in [1.165, 1.54) is 10.6 Å². The highest BCUT2D eigenvalue weighted by Crippen LogP contribution is 2.34. The van der Waals surface area contributed by atoms with Gasteiger partial charge in [0, 0.05) is 36.4 Å². The van der Waals surface area contributed by atoms with E-state index in [4.69, 9.17) is 14.7 Å². The lowest BCUT2D eigenvalue weighted by Crippen LogP contribution is -2.44. The van der Waals surface area contributed by atoms with Crippen LogP contribution in [0, 0.1) is 0 Å². The molecular formula is C21H28N6O4S. The number of sulfonamides is 1. The Morgan fingerprint density at radius 2 is 1.97 bits per heavy atom. The number of urea groups is 1. The molecule has 2 aliphatic rings. The standard InChI is InChI=1S/C21H28N6O4S/c1-4-22-21(28)23-16-7-5-15(6-8-16)19-24-18-12-26(32(3,29)30)11-17(18)20(25-19)27-9-10-31-13-14(27)2/h5-8,14H,4,9-13H2,1-3H3,(H2,22,23,28). The van der Waals surface area contributed by atoms with E-state index in [2.05, 4.69) is 22.5 Å². The van der Waals surface area contributed by atoms with Gasteiger partial charge >= 0.3 is 6.03 Å². The highest BCUT2D eigenvalue weighted by Gasteiger charge is 2.34. The average Bonchev–Trinajstić information content (AvgIpc) is 3.19. The van der Waals surface area contributed by atoms with Crippen LogP contribution in [0.1, 0.15) is 25.1 Å². The number of hydrogen-bond acceptors (Lipinski definition) is 7. The SMILES string of the molecule is CCNC(=O)Nc1ccc(-c2nc3c(c(N4CCOCC4C)n2)CN(S(C)(=O)=O)C3)cc1. The van der Waals surface area contributed by atoms with Crippen molar-refractivity contribution in [3.63, 3.8) is 0 Å². The van der Waals surface area contributed by atoms with E-state index in [-0.39, 0.29) is 25.2 Å². The number of nitrogens with one attached hydrogen (secondary N) is 2. The minimum absolute atomic E-state index is 0.117. The third kappa shape index (κ3) is 4.69. The van der Waals surface area contributed by atoms with E-state index in [1.807, 2.05) is 19.1 Å². The second kappa shape index (κ2) is 9.00. The van der Waals surface area contributed by atoms with E-state index in [0.29, 0.717) is 37.8 Å². The van der Waals surface area contributed by atoms with Crippen LogP contribution >= 0.6 is 0 Å². The van der Waals surface area contributed by atoms with Gasteiger partial charge in [0.25, 0.3) is 0 Å². The molecule has 2 aliphatic heterocycles. The molecule has 172 valence electrons. The van der Waals surface area contributed by atoms with Crippen LogP contribution in [0.15, 0.2) is 24.3 Å². The molecule has 0 bridgehead atoms. The molecule has 2 aromatic rings. The first kappa shape index (κ1) is 22.4. The number of benzene rings is 1. The molecule has 0 spiro atoms.